The second-order valence-electron chi connectivity index (χ2n) is 5.72. The molecule has 5 nitrogen and oxygen atoms in total. The van der Waals surface area contributed by atoms with E-state index in [1.165, 1.54) is 11.3 Å². The highest BCUT2D eigenvalue weighted by Crippen LogP contribution is 2.16. The Morgan fingerprint density at radius 3 is 2.86 bits per heavy atom. The van der Waals surface area contributed by atoms with E-state index in [9.17, 15) is 9.90 Å². The lowest BCUT2D eigenvalue weighted by molar-refractivity contribution is 0.0915. The lowest BCUT2D eigenvalue weighted by atomic mass is 10.1. The fourth-order valence-electron chi connectivity index (χ4n) is 2.34. The summed E-state index contributed by atoms with van der Waals surface area (Å²) < 4.78 is 1.90. The summed E-state index contributed by atoms with van der Waals surface area (Å²) in [6.45, 7) is 7.27. The van der Waals surface area contributed by atoms with Crippen LogP contribution in [0.2, 0.25) is 0 Å². The van der Waals surface area contributed by atoms with Crippen molar-refractivity contribution in [3.63, 3.8) is 0 Å². The highest BCUT2D eigenvalue weighted by Gasteiger charge is 2.18. The largest absolute Gasteiger partial charge is 0.387 e. The molecule has 0 aliphatic carbocycles. The van der Waals surface area contributed by atoms with Gasteiger partial charge in [0.15, 0.2) is 0 Å². The van der Waals surface area contributed by atoms with Crippen LogP contribution in [0.25, 0.3) is 0 Å². The van der Waals surface area contributed by atoms with Crippen molar-refractivity contribution in [1.29, 1.82) is 0 Å². The Kier molecular flexibility index (Phi) is 5.74. The van der Waals surface area contributed by atoms with Gasteiger partial charge in [0.2, 0.25) is 0 Å². The molecule has 0 fully saturated rings. The lowest BCUT2D eigenvalue weighted by Crippen LogP contribution is -2.29. The minimum absolute atomic E-state index is 0.180. The normalized spacial score (nSPS) is 12.6. The van der Waals surface area contributed by atoms with Crippen molar-refractivity contribution in [3.05, 3.63) is 39.8 Å². The number of carbonyl (C=O) groups excluding carboxylic acids is 1. The molecule has 0 saturated carbocycles. The van der Waals surface area contributed by atoms with Crippen LogP contribution in [0, 0.1) is 5.92 Å². The molecule has 2 heterocycles. The molecule has 2 aromatic heterocycles. The molecule has 2 aromatic rings. The van der Waals surface area contributed by atoms with E-state index in [1.807, 2.05) is 28.4 Å². The van der Waals surface area contributed by atoms with E-state index in [0.29, 0.717) is 11.5 Å². The van der Waals surface area contributed by atoms with Gasteiger partial charge in [0.25, 0.3) is 5.91 Å². The molecule has 120 valence electrons. The van der Waals surface area contributed by atoms with Crippen molar-refractivity contribution >= 4 is 17.2 Å². The first-order valence-electron chi connectivity index (χ1n) is 7.56. The number of nitrogens with one attached hydrogen (secondary N) is 1. The van der Waals surface area contributed by atoms with Gasteiger partial charge in [0.1, 0.15) is 0 Å². The number of hydrogen-bond acceptors (Lipinski definition) is 4. The number of aliphatic hydroxyl groups is 1. The van der Waals surface area contributed by atoms with Gasteiger partial charge in [0.05, 0.1) is 23.6 Å². The van der Waals surface area contributed by atoms with Crippen LogP contribution in [0.4, 0.5) is 0 Å². The van der Waals surface area contributed by atoms with E-state index in [2.05, 4.69) is 24.3 Å². The topological polar surface area (TPSA) is 67.2 Å². The molecule has 1 atom stereocenters. The van der Waals surface area contributed by atoms with E-state index in [-0.39, 0.29) is 12.5 Å². The molecular weight excluding hydrogens is 298 g/mol. The van der Waals surface area contributed by atoms with Crippen LogP contribution in [0.5, 0.6) is 0 Å². The zero-order valence-electron chi connectivity index (χ0n) is 13.2. The molecule has 0 aliphatic rings. The number of aromatic nitrogens is 2. The van der Waals surface area contributed by atoms with Gasteiger partial charge in [-0.05, 0) is 34.7 Å². The Hall–Kier alpha value is -1.66. The van der Waals surface area contributed by atoms with Crippen LogP contribution in [-0.2, 0) is 13.0 Å². The second kappa shape index (κ2) is 7.56. The van der Waals surface area contributed by atoms with Crippen LogP contribution in [0.1, 0.15) is 48.5 Å². The monoisotopic (exact) mass is 321 g/mol. The molecule has 1 amide bonds. The highest BCUT2D eigenvalue weighted by molar-refractivity contribution is 7.07. The van der Waals surface area contributed by atoms with Gasteiger partial charge in [-0.25, -0.2) is 0 Å². The Balaban J connectivity index is 2.02. The molecule has 0 aromatic carbocycles. The highest BCUT2D eigenvalue weighted by atomic mass is 32.1. The van der Waals surface area contributed by atoms with Crippen LogP contribution in [0.3, 0.4) is 0 Å². The quantitative estimate of drug-likeness (QED) is 0.824. The molecule has 0 spiro atoms. The molecule has 0 bridgehead atoms. The van der Waals surface area contributed by atoms with Gasteiger partial charge in [-0.2, -0.15) is 16.4 Å². The van der Waals surface area contributed by atoms with Crippen molar-refractivity contribution < 1.29 is 9.90 Å². The van der Waals surface area contributed by atoms with E-state index < -0.39 is 6.10 Å². The average Bonchev–Trinajstić information content (AvgIpc) is 3.12. The first-order valence-corrected chi connectivity index (χ1v) is 8.50. The first-order chi connectivity index (χ1) is 10.5. The molecule has 22 heavy (non-hydrogen) atoms. The molecule has 2 N–H and O–H groups in total. The summed E-state index contributed by atoms with van der Waals surface area (Å²) in [6.07, 6.45) is 1.70. The van der Waals surface area contributed by atoms with Crippen LogP contribution in [0.15, 0.2) is 23.0 Å². The average molecular weight is 321 g/mol. The maximum Gasteiger partial charge on any atom is 0.254 e. The van der Waals surface area contributed by atoms with Crippen molar-refractivity contribution in [1.82, 2.24) is 15.1 Å². The van der Waals surface area contributed by atoms with Crippen molar-refractivity contribution in [2.75, 3.05) is 6.54 Å². The maximum absolute atomic E-state index is 12.3. The summed E-state index contributed by atoms with van der Waals surface area (Å²) in [7, 11) is 0. The molecule has 0 saturated heterocycles. The molecule has 6 heteroatoms. The fraction of sp³-hybridized carbons (Fsp3) is 0.500. The van der Waals surface area contributed by atoms with Gasteiger partial charge in [-0.3, -0.25) is 9.48 Å². The van der Waals surface area contributed by atoms with E-state index >= 15 is 0 Å². The number of rotatable bonds is 7. The van der Waals surface area contributed by atoms with Gasteiger partial charge >= 0.3 is 0 Å². The predicted octanol–water partition coefficient (Wildman–Crippen LogP) is 2.63. The van der Waals surface area contributed by atoms with E-state index in [4.69, 9.17) is 0 Å². The first kappa shape index (κ1) is 16.7. The lowest BCUT2D eigenvalue weighted by Gasteiger charge is -2.12. The number of amides is 1. The Labute approximate surface area is 135 Å². The minimum atomic E-state index is -0.675. The van der Waals surface area contributed by atoms with Crippen LogP contribution >= 0.6 is 11.3 Å². The third-order valence-electron chi connectivity index (χ3n) is 3.45. The third kappa shape index (κ3) is 3.96. The van der Waals surface area contributed by atoms with Crippen LogP contribution < -0.4 is 5.32 Å². The number of hydrogen-bond donors (Lipinski definition) is 2. The van der Waals surface area contributed by atoms with Crippen LogP contribution in [-0.4, -0.2) is 27.3 Å². The zero-order chi connectivity index (χ0) is 16.1. The van der Waals surface area contributed by atoms with E-state index in [0.717, 1.165) is 24.2 Å². The minimum Gasteiger partial charge on any atom is -0.387 e. The number of aliphatic hydroxyl groups excluding tert-OH is 1. The third-order valence-corrected chi connectivity index (χ3v) is 4.15. The zero-order valence-corrected chi connectivity index (χ0v) is 14.1. The van der Waals surface area contributed by atoms with Gasteiger partial charge in [-0.1, -0.05) is 20.8 Å². The smallest absolute Gasteiger partial charge is 0.254 e. The Bertz CT molecular complexity index is 605. The van der Waals surface area contributed by atoms with Crippen molar-refractivity contribution in [2.24, 2.45) is 5.92 Å². The summed E-state index contributed by atoms with van der Waals surface area (Å²) >= 11 is 1.53. The molecule has 0 aliphatic heterocycles. The molecule has 0 radical (unpaired) electrons. The van der Waals surface area contributed by atoms with Gasteiger partial charge < -0.3 is 10.4 Å². The maximum atomic E-state index is 12.3. The number of carbonyl (C=O) groups is 1. The molecule has 2 rings (SSSR count). The summed E-state index contributed by atoms with van der Waals surface area (Å²) in [5, 5.41) is 20.9. The summed E-state index contributed by atoms with van der Waals surface area (Å²) in [5.74, 6) is 0.294. The Morgan fingerprint density at radius 1 is 1.50 bits per heavy atom. The van der Waals surface area contributed by atoms with Gasteiger partial charge in [-0.15, -0.1) is 0 Å². The molecule has 1 unspecified atom stereocenters. The number of thiophene rings is 1. The fourth-order valence-corrected chi connectivity index (χ4v) is 3.05. The SMILES string of the molecule is CCc1c(C(=O)NCC(O)c2ccsc2)cnn1CC(C)C. The molecular formula is C16H23N3O2S. The van der Waals surface area contributed by atoms with Crippen molar-refractivity contribution in [3.8, 4) is 0 Å². The Morgan fingerprint density at radius 2 is 2.27 bits per heavy atom. The summed E-state index contributed by atoms with van der Waals surface area (Å²) in [4.78, 5) is 12.3. The van der Waals surface area contributed by atoms with E-state index in [1.54, 1.807) is 6.20 Å². The van der Waals surface area contributed by atoms with Crippen molar-refractivity contribution in [2.45, 2.75) is 39.8 Å². The van der Waals surface area contributed by atoms with Gasteiger partial charge in [0, 0.05) is 13.1 Å². The second-order valence-corrected chi connectivity index (χ2v) is 6.50. The standard InChI is InChI=1S/C16H23N3O2S/c1-4-14-13(7-18-19(14)9-11(2)3)16(21)17-8-15(20)12-5-6-22-10-12/h5-7,10-11,15,20H,4,8-9H2,1-3H3,(H,17,21). The summed E-state index contributed by atoms with van der Waals surface area (Å²) in [6, 6.07) is 1.86. The number of nitrogens with zero attached hydrogens (tertiary/aromatic N) is 2. The summed E-state index contributed by atoms with van der Waals surface area (Å²) in [5.41, 5.74) is 2.37. The predicted molar refractivity (Wildman–Crippen MR) is 88.1 cm³/mol.